The van der Waals surface area contributed by atoms with E-state index in [4.69, 9.17) is 18.9 Å². The van der Waals surface area contributed by atoms with Gasteiger partial charge in [-0.3, -0.25) is 4.98 Å². The molecule has 0 fully saturated rings. The molecule has 2 aromatic carbocycles. The molecule has 1 aromatic heterocycles. The number of hydrogen-bond acceptors (Lipinski definition) is 5. The lowest BCUT2D eigenvalue weighted by Gasteiger charge is -2.12. The number of rotatable bonds is 10. The van der Waals surface area contributed by atoms with E-state index in [0.29, 0.717) is 37.9 Å². The number of pyridine rings is 1. The molecule has 0 saturated carbocycles. The summed E-state index contributed by atoms with van der Waals surface area (Å²) in [7, 11) is 1.64. The molecule has 0 bridgehead atoms. The quantitative estimate of drug-likeness (QED) is 0.476. The number of aromatic nitrogens is 1. The van der Waals surface area contributed by atoms with Crippen LogP contribution >= 0.6 is 0 Å². The van der Waals surface area contributed by atoms with E-state index in [9.17, 15) is 0 Å². The normalized spacial score (nSPS) is 11.1. The molecule has 1 heterocycles. The zero-order chi connectivity index (χ0) is 19.6. The van der Waals surface area contributed by atoms with Gasteiger partial charge in [-0.2, -0.15) is 0 Å². The van der Waals surface area contributed by atoms with Crippen LogP contribution in [0.25, 0.3) is 17.0 Å². The van der Waals surface area contributed by atoms with Crippen molar-refractivity contribution < 1.29 is 18.9 Å². The van der Waals surface area contributed by atoms with Crippen molar-refractivity contribution in [1.82, 2.24) is 4.98 Å². The van der Waals surface area contributed by atoms with E-state index in [0.717, 1.165) is 22.2 Å². The fraction of sp³-hybridized carbons (Fsp3) is 0.261. The Morgan fingerprint density at radius 1 is 0.857 bits per heavy atom. The van der Waals surface area contributed by atoms with E-state index in [2.05, 4.69) is 4.98 Å². The Kier molecular flexibility index (Phi) is 7.27. The van der Waals surface area contributed by atoms with Crippen molar-refractivity contribution in [3.63, 3.8) is 0 Å². The highest BCUT2D eigenvalue weighted by atomic mass is 16.6. The van der Waals surface area contributed by atoms with Gasteiger partial charge >= 0.3 is 0 Å². The number of benzene rings is 2. The largest absolute Gasteiger partial charge is 0.493 e. The van der Waals surface area contributed by atoms with Gasteiger partial charge in [0.05, 0.1) is 20.3 Å². The fourth-order valence-electron chi connectivity index (χ4n) is 2.82. The molecule has 0 N–H and O–H groups in total. The van der Waals surface area contributed by atoms with E-state index in [1.807, 2.05) is 67.6 Å². The van der Waals surface area contributed by atoms with Crippen LogP contribution in [0.2, 0.25) is 0 Å². The molecular weight excluding hydrogens is 354 g/mol. The number of hydrogen-bond donors (Lipinski definition) is 0. The average Bonchev–Trinajstić information content (AvgIpc) is 2.74. The summed E-state index contributed by atoms with van der Waals surface area (Å²) in [4.78, 5) is 4.38. The highest BCUT2D eigenvalue weighted by Crippen LogP contribution is 2.28. The smallest absolute Gasteiger partial charge is 0.161 e. The van der Waals surface area contributed by atoms with Crippen molar-refractivity contribution in [3.05, 3.63) is 66.4 Å². The first-order valence-corrected chi connectivity index (χ1v) is 9.29. The Morgan fingerprint density at radius 2 is 1.64 bits per heavy atom. The minimum atomic E-state index is 0.440. The molecule has 0 atom stereocenters. The standard InChI is InChI=1S/C23H25NO4/c1-3-6-18-10-11-20(22(17-18)25-2)27-15-13-26-14-16-28-21-9-4-7-19-8-5-12-24-23(19)21/h3-12,17H,13-16H2,1-2H3/b6-3+. The van der Waals surface area contributed by atoms with Gasteiger partial charge in [0, 0.05) is 11.6 Å². The Balaban J connectivity index is 1.39. The third-order valence-electron chi connectivity index (χ3n) is 4.11. The molecule has 0 spiro atoms. The number of allylic oxidation sites excluding steroid dienone is 1. The summed E-state index contributed by atoms with van der Waals surface area (Å²) in [5.41, 5.74) is 1.94. The molecule has 3 aromatic rings. The second-order valence-electron chi connectivity index (χ2n) is 6.05. The molecule has 0 radical (unpaired) electrons. The molecule has 5 heteroatoms. The maximum atomic E-state index is 5.80. The van der Waals surface area contributed by atoms with Crippen molar-refractivity contribution in [3.8, 4) is 17.2 Å². The fourth-order valence-corrected chi connectivity index (χ4v) is 2.82. The third kappa shape index (κ3) is 5.24. The van der Waals surface area contributed by atoms with E-state index < -0.39 is 0 Å². The van der Waals surface area contributed by atoms with E-state index in [1.54, 1.807) is 13.3 Å². The van der Waals surface area contributed by atoms with Gasteiger partial charge in [0.2, 0.25) is 0 Å². The van der Waals surface area contributed by atoms with Crippen LogP contribution in [0.15, 0.2) is 60.8 Å². The summed E-state index contributed by atoms with van der Waals surface area (Å²) >= 11 is 0. The van der Waals surface area contributed by atoms with Gasteiger partial charge in [-0.15, -0.1) is 0 Å². The number of fused-ring (bicyclic) bond motifs is 1. The Hall–Kier alpha value is -3.05. The van der Waals surface area contributed by atoms with Crippen LogP contribution in [0.4, 0.5) is 0 Å². The van der Waals surface area contributed by atoms with Gasteiger partial charge in [-0.05, 0) is 36.8 Å². The second kappa shape index (κ2) is 10.3. The summed E-state index contributed by atoms with van der Waals surface area (Å²) < 4.78 is 22.5. The highest BCUT2D eigenvalue weighted by molar-refractivity contribution is 5.84. The van der Waals surface area contributed by atoms with Crippen LogP contribution in [-0.2, 0) is 4.74 Å². The number of para-hydroxylation sites is 1. The van der Waals surface area contributed by atoms with Crippen molar-refractivity contribution in [2.24, 2.45) is 0 Å². The van der Waals surface area contributed by atoms with Gasteiger partial charge in [-0.25, -0.2) is 0 Å². The summed E-state index contributed by atoms with van der Waals surface area (Å²) in [5.74, 6) is 2.18. The first-order valence-electron chi connectivity index (χ1n) is 9.29. The lowest BCUT2D eigenvalue weighted by Crippen LogP contribution is -2.12. The molecule has 28 heavy (non-hydrogen) atoms. The van der Waals surface area contributed by atoms with Crippen LogP contribution in [0.5, 0.6) is 17.2 Å². The summed E-state index contributed by atoms with van der Waals surface area (Å²) in [6, 6.07) is 15.7. The van der Waals surface area contributed by atoms with Crippen molar-refractivity contribution in [2.45, 2.75) is 6.92 Å². The maximum absolute atomic E-state index is 5.80. The number of ether oxygens (including phenoxy) is 4. The Labute approximate surface area is 165 Å². The lowest BCUT2D eigenvalue weighted by atomic mass is 10.2. The van der Waals surface area contributed by atoms with E-state index >= 15 is 0 Å². The zero-order valence-corrected chi connectivity index (χ0v) is 16.3. The second-order valence-corrected chi connectivity index (χ2v) is 6.05. The summed E-state index contributed by atoms with van der Waals surface area (Å²) in [5, 5.41) is 1.06. The van der Waals surface area contributed by atoms with Gasteiger partial charge < -0.3 is 18.9 Å². The van der Waals surface area contributed by atoms with Gasteiger partial charge in [0.15, 0.2) is 11.5 Å². The maximum Gasteiger partial charge on any atom is 0.161 e. The lowest BCUT2D eigenvalue weighted by molar-refractivity contribution is 0.0760. The van der Waals surface area contributed by atoms with Crippen LogP contribution < -0.4 is 14.2 Å². The van der Waals surface area contributed by atoms with Crippen LogP contribution in [0, 0.1) is 0 Å². The molecule has 0 aliphatic heterocycles. The molecule has 0 saturated heterocycles. The van der Waals surface area contributed by atoms with Crippen molar-refractivity contribution >= 4 is 17.0 Å². The molecular formula is C23H25NO4. The predicted molar refractivity (Wildman–Crippen MR) is 111 cm³/mol. The first-order chi connectivity index (χ1) is 13.8. The van der Waals surface area contributed by atoms with Crippen LogP contribution in [-0.4, -0.2) is 38.5 Å². The van der Waals surface area contributed by atoms with E-state index in [1.165, 1.54) is 0 Å². The monoisotopic (exact) mass is 379 g/mol. The number of nitrogens with zero attached hydrogens (tertiary/aromatic N) is 1. The third-order valence-corrected chi connectivity index (χ3v) is 4.11. The van der Waals surface area contributed by atoms with Crippen LogP contribution in [0.3, 0.4) is 0 Å². The Bertz CT molecular complexity index is 918. The van der Waals surface area contributed by atoms with Crippen molar-refractivity contribution in [2.75, 3.05) is 33.5 Å². The minimum Gasteiger partial charge on any atom is -0.493 e. The van der Waals surface area contributed by atoms with Gasteiger partial charge in [0.25, 0.3) is 0 Å². The molecule has 0 unspecified atom stereocenters. The zero-order valence-electron chi connectivity index (χ0n) is 16.3. The summed E-state index contributed by atoms with van der Waals surface area (Å²) in [6.45, 7) is 3.82. The van der Waals surface area contributed by atoms with Crippen molar-refractivity contribution in [1.29, 1.82) is 0 Å². The molecule has 0 amide bonds. The van der Waals surface area contributed by atoms with Gasteiger partial charge in [-0.1, -0.05) is 36.4 Å². The molecule has 146 valence electrons. The van der Waals surface area contributed by atoms with E-state index in [-0.39, 0.29) is 0 Å². The number of methoxy groups -OCH3 is 1. The molecule has 0 aliphatic rings. The highest BCUT2D eigenvalue weighted by Gasteiger charge is 2.05. The molecule has 0 aliphatic carbocycles. The topological polar surface area (TPSA) is 49.8 Å². The van der Waals surface area contributed by atoms with Crippen LogP contribution in [0.1, 0.15) is 12.5 Å². The minimum absolute atomic E-state index is 0.440. The summed E-state index contributed by atoms with van der Waals surface area (Å²) in [6.07, 6.45) is 5.77. The molecule has 3 rings (SSSR count). The Morgan fingerprint density at radius 3 is 2.43 bits per heavy atom. The molecule has 5 nitrogen and oxygen atoms in total. The average molecular weight is 379 g/mol. The first kappa shape index (κ1) is 19.7. The SMILES string of the molecule is C/C=C/c1ccc(OCCOCCOc2cccc3cccnc23)c(OC)c1. The van der Waals surface area contributed by atoms with Gasteiger partial charge in [0.1, 0.15) is 24.5 Å². The predicted octanol–water partition coefficient (Wildman–Crippen LogP) is 4.75.